The third-order valence-corrected chi connectivity index (χ3v) is 2.34. The highest BCUT2D eigenvalue weighted by atomic mass is 16.8. The van der Waals surface area contributed by atoms with Gasteiger partial charge in [0, 0.05) is 5.92 Å². The lowest BCUT2D eigenvalue weighted by Crippen LogP contribution is -2.24. The van der Waals surface area contributed by atoms with Gasteiger partial charge in [-0.15, -0.1) is 6.58 Å². The Morgan fingerprint density at radius 2 is 2.08 bits per heavy atom. The molecule has 0 N–H and O–H groups in total. The van der Waals surface area contributed by atoms with Gasteiger partial charge in [-0.25, -0.2) is 0 Å². The minimum Gasteiger partial charge on any atom is -0.343 e. The zero-order valence-electron chi connectivity index (χ0n) is 7.49. The second-order valence-corrected chi connectivity index (χ2v) is 3.76. The molecule has 0 aromatic carbocycles. The fraction of sp³-hybridized carbons (Fsp3) is 0.600. The third kappa shape index (κ3) is 1.11. The topological polar surface area (TPSA) is 18.5 Å². The first-order chi connectivity index (χ1) is 5.62. The highest BCUT2D eigenvalue weighted by molar-refractivity contribution is 5.16. The molecule has 1 aliphatic heterocycles. The Kier molecular flexibility index (Phi) is 1.63. The van der Waals surface area contributed by atoms with E-state index in [1.54, 1.807) is 0 Å². The van der Waals surface area contributed by atoms with Gasteiger partial charge in [0.25, 0.3) is 0 Å². The van der Waals surface area contributed by atoms with Gasteiger partial charge < -0.3 is 9.47 Å². The summed E-state index contributed by atoms with van der Waals surface area (Å²) in [7, 11) is 0. The highest BCUT2D eigenvalue weighted by Crippen LogP contribution is 2.37. The summed E-state index contributed by atoms with van der Waals surface area (Å²) in [6, 6.07) is 0. The molecule has 2 unspecified atom stereocenters. The van der Waals surface area contributed by atoms with Gasteiger partial charge in [-0.05, 0) is 13.8 Å². The van der Waals surface area contributed by atoms with E-state index in [-0.39, 0.29) is 12.2 Å². The van der Waals surface area contributed by atoms with Gasteiger partial charge in [0.1, 0.15) is 12.2 Å². The Labute approximate surface area is 72.9 Å². The molecule has 1 saturated heterocycles. The van der Waals surface area contributed by atoms with Crippen LogP contribution in [0.5, 0.6) is 0 Å². The average Bonchev–Trinajstić information content (AvgIpc) is 2.42. The number of hydrogen-bond acceptors (Lipinski definition) is 2. The molecule has 0 radical (unpaired) electrons. The van der Waals surface area contributed by atoms with E-state index in [1.165, 1.54) is 0 Å². The fourth-order valence-corrected chi connectivity index (χ4v) is 1.82. The summed E-state index contributed by atoms with van der Waals surface area (Å²) in [5.41, 5.74) is 0. The average molecular weight is 166 g/mol. The Balaban J connectivity index is 2.16. The number of ether oxygens (including phenoxy) is 2. The summed E-state index contributed by atoms with van der Waals surface area (Å²) in [5.74, 6) is -0.113. The van der Waals surface area contributed by atoms with Gasteiger partial charge in [0.2, 0.25) is 0 Å². The van der Waals surface area contributed by atoms with E-state index in [2.05, 4.69) is 18.7 Å². The lowest BCUT2D eigenvalue weighted by Gasteiger charge is -2.18. The van der Waals surface area contributed by atoms with Crippen molar-refractivity contribution in [3.05, 3.63) is 24.8 Å². The molecule has 0 bridgehead atoms. The van der Waals surface area contributed by atoms with E-state index in [4.69, 9.17) is 9.47 Å². The lowest BCUT2D eigenvalue weighted by atomic mass is 10.1. The molecule has 2 nitrogen and oxygen atoms in total. The lowest BCUT2D eigenvalue weighted by molar-refractivity contribution is -0.146. The van der Waals surface area contributed by atoms with Crippen LogP contribution in [0, 0.1) is 5.92 Å². The number of fused-ring (bicyclic) bond motifs is 1. The summed E-state index contributed by atoms with van der Waals surface area (Å²) < 4.78 is 11.4. The molecule has 2 heteroatoms. The molecule has 66 valence electrons. The SMILES string of the molecule is C=C[C@@H]1C=CC2OC(C)(C)OC21. The molecular weight excluding hydrogens is 152 g/mol. The molecule has 1 fully saturated rings. The van der Waals surface area contributed by atoms with Crippen LogP contribution in [-0.2, 0) is 9.47 Å². The molecule has 2 rings (SSSR count). The standard InChI is InChI=1S/C10H14O2/c1-4-7-5-6-8-9(7)12-10(2,3)11-8/h4-9H,1H2,2-3H3/t7-,8?,9?/m1/s1. The van der Waals surface area contributed by atoms with Crippen LogP contribution >= 0.6 is 0 Å². The van der Waals surface area contributed by atoms with Crippen molar-refractivity contribution in [2.75, 3.05) is 0 Å². The minimum absolute atomic E-state index is 0.128. The highest BCUT2D eigenvalue weighted by Gasteiger charge is 2.45. The quantitative estimate of drug-likeness (QED) is 0.554. The van der Waals surface area contributed by atoms with Crippen LogP contribution in [0.3, 0.4) is 0 Å². The second kappa shape index (κ2) is 2.44. The van der Waals surface area contributed by atoms with Crippen molar-refractivity contribution in [2.45, 2.75) is 31.8 Å². The minimum atomic E-state index is -0.429. The smallest absolute Gasteiger partial charge is 0.164 e. The van der Waals surface area contributed by atoms with Gasteiger partial charge >= 0.3 is 0 Å². The van der Waals surface area contributed by atoms with Crippen LogP contribution < -0.4 is 0 Å². The Hall–Kier alpha value is -0.600. The van der Waals surface area contributed by atoms with Crippen molar-refractivity contribution in [1.29, 1.82) is 0 Å². The molecule has 12 heavy (non-hydrogen) atoms. The largest absolute Gasteiger partial charge is 0.343 e. The van der Waals surface area contributed by atoms with Crippen molar-refractivity contribution in [3.8, 4) is 0 Å². The molecule has 0 amide bonds. The second-order valence-electron chi connectivity index (χ2n) is 3.76. The van der Waals surface area contributed by atoms with E-state index >= 15 is 0 Å². The molecule has 3 atom stereocenters. The molecule has 1 heterocycles. The zero-order valence-corrected chi connectivity index (χ0v) is 7.49. The van der Waals surface area contributed by atoms with Crippen LogP contribution in [0.4, 0.5) is 0 Å². The summed E-state index contributed by atoms with van der Waals surface area (Å²) in [6.45, 7) is 7.65. The maximum absolute atomic E-state index is 5.72. The van der Waals surface area contributed by atoms with Crippen LogP contribution in [0.15, 0.2) is 24.8 Å². The van der Waals surface area contributed by atoms with E-state index in [0.717, 1.165) is 0 Å². The Morgan fingerprint density at radius 3 is 2.75 bits per heavy atom. The van der Waals surface area contributed by atoms with Crippen LogP contribution in [-0.4, -0.2) is 18.0 Å². The molecule has 2 aliphatic rings. The first-order valence-electron chi connectivity index (χ1n) is 4.29. The first kappa shape index (κ1) is 8.02. The van der Waals surface area contributed by atoms with Gasteiger partial charge in [-0.3, -0.25) is 0 Å². The number of hydrogen-bond donors (Lipinski definition) is 0. The van der Waals surface area contributed by atoms with Crippen molar-refractivity contribution in [3.63, 3.8) is 0 Å². The fourth-order valence-electron chi connectivity index (χ4n) is 1.82. The Bertz CT molecular complexity index is 230. The number of rotatable bonds is 1. The van der Waals surface area contributed by atoms with E-state index < -0.39 is 5.79 Å². The third-order valence-electron chi connectivity index (χ3n) is 2.34. The van der Waals surface area contributed by atoms with Crippen LogP contribution in [0.1, 0.15) is 13.8 Å². The molecule has 0 aromatic heterocycles. The predicted octanol–water partition coefficient (Wildman–Crippen LogP) is 1.88. The zero-order chi connectivity index (χ0) is 8.77. The van der Waals surface area contributed by atoms with Crippen molar-refractivity contribution < 1.29 is 9.47 Å². The van der Waals surface area contributed by atoms with E-state index in [9.17, 15) is 0 Å². The van der Waals surface area contributed by atoms with Gasteiger partial charge in [0.15, 0.2) is 5.79 Å². The van der Waals surface area contributed by atoms with E-state index in [0.29, 0.717) is 5.92 Å². The summed E-state index contributed by atoms with van der Waals surface area (Å²) in [4.78, 5) is 0. The summed E-state index contributed by atoms with van der Waals surface area (Å²) in [5, 5.41) is 0. The van der Waals surface area contributed by atoms with E-state index in [1.807, 2.05) is 19.9 Å². The van der Waals surface area contributed by atoms with Gasteiger partial charge in [-0.2, -0.15) is 0 Å². The first-order valence-corrected chi connectivity index (χ1v) is 4.29. The maximum atomic E-state index is 5.72. The van der Waals surface area contributed by atoms with Crippen molar-refractivity contribution >= 4 is 0 Å². The molecule has 0 aromatic rings. The summed E-state index contributed by atoms with van der Waals surface area (Å²) >= 11 is 0. The van der Waals surface area contributed by atoms with Crippen LogP contribution in [0.25, 0.3) is 0 Å². The van der Waals surface area contributed by atoms with Crippen molar-refractivity contribution in [2.24, 2.45) is 5.92 Å². The maximum Gasteiger partial charge on any atom is 0.164 e. The monoisotopic (exact) mass is 166 g/mol. The Morgan fingerprint density at radius 1 is 1.33 bits per heavy atom. The molecular formula is C10H14O2. The van der Waals surface area contributed by atoms with Gasteiger partial charge in [0.05, 0.1) is 0 Å². The normalized spacial score (nSPS) is 43.0. The van der Waals surface area contributed by atoms with Crippen molar-refractivity contribution in [1.82, 2.24) is 0 Å². The van der Waals surface area contributed by atoms with Crippen LogP contribution in [0.2, 0.25) is 0 Å². The molecule has 0 spiro atoms. The predicted molar refractivity (Wildman–Crippen MR) is 46.7 cm³/mol. The van der Waals surface area contributed by atoms with Gasteiger partial charge in [-0.1, -0.05) is 18.2 Å². The summed E-state index contributed by atoms with van der Waals surface area (Å²) in [6.07, 6.45) is 6.34. The molecule has 0 saturated carbocycles. The molecule has 1 aliphatic carbocycles.